The third-order valence-corrected chi connectivity index (χ3v) is 4.43. The first kappa shape index (κ1) is 16.1. The van der Waals surface area contributed by atoms with Crippen LogP contribution < -0.4 is 5.32 Å². The molecule has 1 aliphatic rings. The van der Waals surface area contributed by atoms with E-state index in [1.54, 1.807) is 10.6 Å². The fourth-order valence-corrected chi connectivity index (χ4v) is 3.16. The molecule has 0 saturated heterocycles. The summed E-state index contributed by atoms with van der Waals surface area (Å²) in [5, 5.41) is 10.6. The van der Waals surface area contributed by atoms with Crippen molar-refractivity contribution >= 4 is 29.0 Å². The Labute approximate surface area is 149 Å². The molecule has 4 rings (SSSR count). The highest BCUT2D eigenvalue weighted by molar-refractivity contribution is 6.11. The highest BCUT2D eigenvalue weighted by Gasteiger charge is 2.26. The molecule has 0 radical (unpaired) electrons. The zero-order valence-electron chi connectivity index (χ0n) is 14.3. The number of nitrogens with zero attached hydrogens (tertiary/aromatic N) is 4. The Morgan fingerprint density at radius 3 is 2.77 bits per heavy atom. The van der Waals surface area contributed by atoms with Crippen LogP contribution in [-0.4, -0.2) is 31.3 Å². The number of benzene rings is 1. The maximum absolute atomic E-state index is 12.5. The van der Waals surface area contributed by atoms with E-state index in [0.717, 1.165) is 16.8 Å². The molecule has 0 aliphatic heterocycles. The van der Waals surface area contributed by atoms with Gasteiger partial charge in [0.05, 0.1) is 6.42 Å². The molecule has 0 spiro atoms. The van der Waals surface area contributed by atoms with Crippen molar-refractivity contribution in [2.45, 2.75) is 26.2 Å². The van der Waals surface area contributed by atoms with Crippen LogP contribution in [0.5, 0.6) is 0 Å². The van der Waals surface area contributed by atoms with E-state index in [9.17, 15) is 9.59 Å². The predicted molar refractivity (Wildman–Crippen MR) is 96.4 cm³/mol. The number of fused-ring (bicyclic) bond motifs is 1. The summed E-state index contributed by atoms with van der Waals surface area (Å²) in [6.07, 6.45) is 2.90. The van der Waals surface area contributed by atoms with Crippen LogP contribution in [0.1, 0.15) is 30.5 Å². The van der Waals surface area contributed by atoms with Crippen LogP contribution in [0.3, 0.4) is 0 Å². The minimum atomic E-state index is -0.293. The number of carbonyl (C=O) groups is 2. The molecule has 3 aromatic rings. The van der Waals surface area contributed by atoms with E-state index < -0.39 is 0 Å². The molecule has 130 valence electrons. The molecule has 0 atom stereocenters. The van der Waals surface area contributed by atoms with E-state index in [-0.39, 0.29) is 18.1 Å². The van der Waals surface area contributed by atoms with Gasteiger partial charge >= 0.3 is 0 Å². The summed E-state index contributed by atoms with van der Waals surface area (Å²) in [5.41, 5.74) is 3.34. The van der Waals surface area contributed by atoms with Crippen molar-refractivity contribution < 1.29 is 9.59 Å². The maximum atomic E-state index is 12.5. The van der Waals surface area contributed by atoms with E-state index in [0.29, 0.717) is 30.1 Å². The molecule has 0 bridgehead atoms. The molecule has 7 heteroatoms. The zero-order valence-corrected chi connectivity index (χ0v) is 14.3. The van der Waals surface area contributed by atoms with Crippen LogP contribution in [-0.2, 0) is 9.59 Å². The Balaban J connectivity index is 1.57. The van der Waals surface area contributed by atoms with E-state index in [1.807, 2.05) is 43.3 Å². The number of anilines is 1. The molecule has 0 fully saturated rings. The molecule has 26 heavy (non-hydrogen) atoms. The summed E-state index contributed by atoms with van der Waals surface area (Å²) < 4.78 is 1.61. The lowest BCUT2D eigenvalue weighted by Gasteiger charge is -2.07. The molecule has 1 amide bonds. The lowest BCUT2D eigenvalue weighted by Crippen LogP contribution is -2.16. The summed E-state index contributed by atoms with van der Waals surface area (Å²) in [7, 11) is 0. The molecule has 2 heterocycles. The van der Waals surface area contributed by atoms with Crippen molar-refractivity contribution in [3.05, 3.63) is 59.4 Å². The monoisotopic (exact) mass is 347 g/mol. The van der Waals surface area contributed by atoms with Crippen LogP contribution in [0.2, 0.25) is 0 Å². The summed E-state index contributed by atoms with van der Waals surface area (Å²) in [6.45, 7) is 1.86. The lowest BCUT2D eigenvalue weighted by atomic mass is 10.00. The topological polar surface area (TPSA) is 89.2 Å². The molecule has 7 nitrogen and oxygen atoms in total. The predicted octanol–water partition coefficient (Wildman–Crippen LogP) is 2.58. The van der Waals surface area contributed by atoms with Gasteiger partial charge in [-0.15, -0.1) is 10.2 Å². The first-order valence-electron chi connectivity index (χ1n) is 8.40. The summed E-state index contributed by atoms with van der Waals surface area (Å²) in [4.78, 5) is 29.0. The number of hydrogen-bond donors (Lipinski definition) is 1. The number of carbonyl (C=O) groups excluding carboxylic acids is 2. The average Bonchev–Trinajstić information content (AvgIpc) is 3.19. The van der Waals surface area contributed by atoms with Crippen molar-refractivity contribution in [2.24, 2.45) is 0 Å². The minimum Gasteiger partial charge on any atom is -0.295 e. The average molecular weight is 347 g/mol. The number of amides is 1. The number of aromatic nitrogens is 4. The Morgan fingerprint density at radius 1 is 1.15 bits per heavy atom. The van der Waals surface area contributed by atoms with Gasteiger partial charge in [-0.2, -0.15) is 0 Å². The molecule has 1 aliphatic carbocycles. The second-order valence-corrected chi connectivity index (χ2v) is 6.23. The fraction of sp³-hybridized carbons (Fsp3) is 0.211. The van der Waals surface area contributed by atoms with Crippen molar-refractivity contribution in [1.29, 1.82) is 0 Å². The van der Waals surface area contributed by atoms with E-state index in [2.05, 4.69) is 20.5 Å². The number of Topliss-reactive ketones (excluding diaryl/α,β-unsaturated/α-hetero) is 1. The van der Waals surface area contributed by atoms with E-state index >= 15 is 0 Å². The second-order valence-electron chi connectivity index (χ2n) is 6.23. The molecule has 0 unspecified atom stereocenters. The van der Waals surface area contributed by atoms with E-state index in [4.69, 9.17) is 0 Å². The zero-order chi connectivity index (χ0) is 18.1. The van der Waals surface area contributed by atoms with Gasteiger partial charge in [0, 0.05) is 23.9 Å². The number of nitrogens with one attached hydrogen (secondary N) is 1. The van der Waals surface area contributed by atoms with Crippen molar-refractivity contribution in [3.8, 4) is 0 Å². The first-order valence-corrected chi connectivity index (χ1v) is 8.40. The Morgan fingerprint density at radius 2 is 1.96 bits per heavy atom. The molecule has 2 aromatic heterocycles. The normalized spacial score (nSPS) is 14.3. The smallest absolute Gasteiger partial charge is 0.256 e. The van der Waals surface area contributed by atoms with Gasteiger partial charge in [0.2, 0.25) is 11.9 Å². The molecular formula is C19H17N5O2. The molecule has 1 aromatic carbocycles. The SMILES string of the molecule is Cc1ccn2c(NC(=O)CC3=C(c4ccccc4)CCC3=O)nnc2n1. The Kier molecular flexibility index (Phi) is 4.04. The summed E-state index contributed by atoms with van der Waals surface area (Å²) in [5.74, 6) is 0.451. The molecule has 1 N–H and O–H groups in total. The van der Waals surface area contributed by atoms with Crippen LogP contribution >= 0.6 is 0 Å². The maximum Gasteiger partial charge on any atom is 0.256 e. The first-order chi connectivity index (χ1) is 12.6. The summed E-state index contributed by atoms with van der Waals surface area (Å²) in [6, 6.07) is 11.5. The third-order valence-electron chi connectivity index (χ3n) is 4.43. The van der Waals surface area contributed by atoms with Crippen LogP contribution in [0.15, 0.2) is 48.2 Å². The highest BCUT2D eigenvalue weighted by atomic mass is 16.2. The number of rotatable bonds is 4. The number of hydrogen-bond acceptors (Lipinski definition) is 5. The molecule has 0 saturated carbocycles. The lowest BCUT2D eigenvalue weighted by molar-refractivity contribution is -0.119. The number of aryl methyl sites for hydroxylation is 1. The Bertz CT molecular complexity index is 1040. The van der Waals surface area contributed by atoms with Crippen LogP contribution in [0.25, 0.3) is 11.4 Å². The largest absolute Gasteiger partial charge is 0.295 e. The highest BCUT2D eigenvalue weighted by Crippen LogP contribution is 2.33. The van der Waals surface area contributed by atoms with E-state index in [1.165, 1.54) is 0 Å². The van der Waals surface area contributed by atoms with Gasteiger partial charge in [-0.1, -0.05) is 30.3 Å². The van der Waals surface area contributed by atoms with Crippen LogP contribution in [0, 0.1) is 6.92 Å². The molecular weight excluding hydrogens is 330 g/mol. The Hall–Kier alpha value is -3.35. The number of ketones is 1. The minimum absolute atomic E-state index is 0.0251. The fourth-order valence-electron chi connectivity index (χ4n) is 3.16. The van der Waals surface area contributed by atoms with Gasteiger partial charge in [-0.3, -0.25) is 19.3 Å². The van der Waals surface area contributed by atoms with Gasteiger partial charge < -0.3 is 0 Å². The summed E-state index contributed by atoms with van der Waals surface area (Å²) >= 11 is 0. The van der Waals surface area contributed by atoms with Gasteiger partial charge in [0.1, 0.15) is 0 Å². The standard InChI is InChI=1S/C19H17N5O2/c1-12-9-10-24-18(20-12)22-23-19(24)21-17(26)11-15-14(7-8-16(15)25)13-5-3-2-4-6-13/h2-6,9-10H,7-8,11H2,1H3,(H,21,23,26). The van der Waals surface area contributed by atoms with Gasteiger partial charge in [0.25, 0.3) is 5.78 Å². The third kappa shape index (κ3) is 2.99. The van der Waals surface area contributed by atoms with Crippen LogP contribution in [0.4, 0.5) is 5.95 Å². The van der Waals surface area contributed by atoms with Gasteiger partial charge in [-0.05, 0) is 30.5 Å². The van der Waals surface area contributed by atoms with Gasteiger partial charge in [0.15, 0.2) is 5.78 Å². The van der Waals surface area contributed by atoms with Gasteiger partial charge in [-0.25, -0.2) is 4.98 Å². The quantitative estimate of drug-likeness (QED) is 0.783. The number of allylic oxidation sites excluding steroid dienone is 1. The van der Waals surface area contributed by atoms with Crippen molar-refractivity contribution in [2.75, 3.05) is 5.32 Å². The van der Waals surface area contributed by atoms with Crippen molar-refractivity contribution in [3.63, 3.8) is 0 Å². The second kappa shape index (κ2) is 6.51. The van der Waals surface area contributed by atoms with Crippen molar-refractivity contribution in [1.82, 2.24) is 19.6 Å².